The second-order valence-electron chi connectivity index (χ2n) is 14.8. The van der Waals surface area contributed by atoms with E-state index in [1.165, 1.54) is 11.8 Å². The minimum absolute atomic E-state index is 0.0386. The molecule has 53 heavy (non-hydrogen) atoms. The maximum absolute atomic E-state index is 13.3. The van der Waals surface area contributed by atoms with Crippen LogP contribution in [0.25, 0.3) is 0 Å². The number of nitrogens with one attached hydrogen (secondary N) is 1. The molecule has 5 rings (SSSR count). The molecular weight excluding hydrogens is 676 g/mol. The normalized spacial score (nSPS) is 24.5. The summed E-state index contributed by atoms with van der Waals surface area (Å²) in [6.07, 6.45) is -5.04. The molecule has 2 aliphatic rings. The van der Waals surface area contributed by atoms with Gasteiger partial charge in [-0.25, -0.2) is 4.79 Å². The number of amides is 2. The Morgan fingerprint density at radius 2 is 1.42 bits per heavy atom. The Labute approximate surface area is 312 Å². The highest BCUT2D eigenvalue weighted by molar-refractivity contribution is 5.73. The van der Waals surface area contributed by atoms with Crippen molar-refractivity contribution in [2.75, 3.05) is 13.2 Å². The second-order valence-corrected chi connectivity index (χ2v) is 14.8. The third kappa shape index (κ3) is 11.4. The van der Waals surface area contributed by atoms with Crippen molar-refractivity contribution < 1.29 is 43.1 Å². The lowest BCUT2D eigenvalue weighted by Crippen LogP contribution is -2.65. The summed E-state index contributed by atoms with van der Waals surface area (Å²) in [6, 6.07) is 27.7. The molecule has 0 aromatic heterocycles. The average molecular weight is 729 g/mol. The molecule has 0 bridgehead atoms. The average Bonchev–Trinajstić information content (AvgIpc) is 3.45. The van der Waals surface area contributed by atoms with Gasteiger partial charge in [-0.3, -0.25) is 9.69 Å². The molecule has 0 aliphatic carbocycles. The van der Waals surface area contributed by atoms with Crippen molar-refractivity contribution in [3.8, 4) is 11.8 Å². The monoisotopic (exact) mass is 728 g/mol. The van der Waals surface area contributed by atoms with Gasteiger partial charge in [0, 0.05) is 6.92 Å². The van der Waals surface area contributed by atoms with Crippen molar-refractivity contribution in [1.29, 1.82) is 0 Å². The number of hydrogen-bond acceptors (Lipinski definition) is 9. The van der Waals surface area contributed by atoms with E-state index in [2.05, 4.69) is 17.2 Å². The van der Waals surface area contributed by atoms with Crippen molar-refractivity contribution in [3.63, 3.8) is 0 Å². The predicted molar refractivity (Wildman–Crippen MR) is 198 cm³/mol. The summed E-state index contributed by atoms with van der Waals surface area (Å²) >= 11 is 0. The number of rotatable bonds is 12. The molecule has 2 heterocycles. The number of carbonyl (C=O) groups is 2. The summed E-state index contributed by atoms with van der Waals surface area (Å²) in [5.41, 5.74) is 1.08. The first kappa shape index (κ1) is 39.9. The highest BCUT2D eigenvalue weighted by Crippen LogP contribution is 2.32. The van der Waals surface area contributed by atoms with Crippen LogP contribution in [0.2, 0.25) is 0 Å². The SMILES string of the molecule is CC(=O)N[C@@H]1[C@@H](OCc2ccccc2)[C@H](OCc2ccccc2)[C@@H](COCc2ccccc2)O[C@H]1C#CC(O)[C@H]1COC(C)(C)N1C(=O)OC(C)(C)C. The minimum atomic E-state index is -1.34. The van der Waals surface area contributed by atoms with Crippen LogP contribution in [0.5, 0.6) is 0 Å². The maximum atomic E-state index is 13.3. The fourth-order valence-corrected chi connectivity index (χ4v) is 6.39. The van der Waals surface area contributed by atoms with Crippen molar-refractivity contribution in [3.05, 3.63) is 108 Å². The van der Waals surface area contributed by atoms with Gasteiger partial charge in [0.05, 0.1) is 45.1 Å². The van der Waals surface area contributed by atoms with Crippen molar-refractivity contribution >= 4 is 12.0 Å². The molecule has 2 amide bonds. The topological polar surface area (TPSA) is 125 Å². The van der Waals surface area contributed by atoms with Crippen LogP contribution in [-0.2, 0) is 53.0 Å². The van der Waals surface area contributed by atoms with E-state index in [1.807, 2.05) is 91.0 Å². The van der Waals surface area contributed by atoms with E-state index < -0.39 is 60.0 Å². The van der Waals surface area contributed by atoms with E-state index >= 15 is 0 Å². The summed E-state index contributed by atoms with van der Waals surface area (Å²) in [6.45, 7) is 11.2. The van der Waals surface area contributed by atoms with E-state index in [0.29, 0.717) is 6.61 Å². The van der Waals surface area contributed by atoms with Gasteiger partial charge in [0.1, 0.15) is 41.8 Å². The summed E-state index contributed by atoms with van der Waals surface area (Å²) in [7, 11) is 0. The van der Waals surface area contributed by atoms with Crippen LogP contribution in [0.3, 0.4) is 0 Å². The van der Waals surface area contributed by atoms with Crippen molar-refractivity contribution in [2.24, 2.45) is 0 Å². The number of aliphatic hydroxyl groups is 1. The number of nitrogens with zero attached hydrogens (tertiary/aromatic N) is 1. The number of aliphatic hydroxyl groups excluding tert-OH is 1. The Morgan fingerprint density at radius 1 is 0.887 bits per heavy atom. The van der Waals surface area contributed by atoms with E-state index in [4.69, 9.17) is 28.4 Å². The third-order valence-corrected chi connectivity index (χ3v) is 8.87. The lowest BCUT2D eigenvalue weighted by atomic mass is 9.91. The Hall–Kier alpha value is -4.28. The zero-order valence-electron chi connectivity index (χ0n) is 31.4. The molecule has 284 valence electrons. The molecule has 11 heteroatoms. The molecule has 2 fully saturated rings. The van der Waals surface area contributed by atoms with Gasteiger partial charge in [-0.2, -0.15) is 0 Å². The first-order chi connectivity index (χ1) is 25.3. The molecule has 3 aromatic rings. The van der Waals surface area contributed by atoms with Gasteiger partial charge in [-0.15, -0.1) is 0 Å². The zero-order chi connectivity index (χ0) is 38.0. The highest BCUT2D eigenvalue weighted by Gasteiger charge is 2.50. The smallest absolute Gasteiger partial charge is 0.413 e. The van der Waals surface area contributed by atoms with E-state index in [9.17, 15) is 14.7 Å². The number of hydrogen-bond donors (Lipinski definition) is 2. The molecule has 3 aromatic carbocycles. The number of ether oxygens (including phenoxy) is 6. The van der Waals surface area contributed by atoms with Gasteiger partial charge in [0.25, 0.3) is 0 Å². The van der Waals surface area contributed by atoms with Crippen LogP contribution in [0.4, 0.5) is 4.79 Å². The number of benzene rings is 3. The van der Waals surface area contributed by atoms with Gasteiger partial charge < -0.3 is 38.8 Å². The standard InChI is InChI=1S/C42H52N2O9/c1-29(45)43-37-35(23-22-34(46)33-27-51-42(5,6)44(33)40(47)53-41(2,3)4)52-36(28-48-24-30-16-10-7-11-17-30)38(49-25-31-18-12-8-13-19-31)39(37)50-26-32-20-14-9-15-21-32/h7-21,33-39,46H,24-28H2,1-6H3,(H,43,45)/t33-,34?,35+,36-,37+,38-,39-/m1/s1. The van der Waals surface area contributed by atoms with Gasteiger partial charge in [-0.1, -0.05) is 103 Å². The Morgan fingerprint density at radius 3 is 1.94 bits per heavy atom. The zero-order valence-corrected chi connectivity index (χ0v) is 31.4. The predicted octanol–water partition coefficient (Wildman–Crippen LogP) is 5.38. The molecule has 2 saturated heterocycles. The fraction of sp³-hybridized carbons (Fsp3) is 0.476. The van der Waals surface area contributed by atoms with Crippen LogP contribution >= 0.6 is 0 Å². The fourth-order valence-electron chi connectivity index (χ4n) is 6.39. The van der Waals surface area contributed by atoms with Crippen LogP contribution in [0, 0.1) is 11.8 Å². The van der Waals surface area contributed by atoms with Gasteiger partial charge in [-0.05, 0) is 51.3 Å². The molecule has 1 unspecified atom stereocenters. The second kappa shape index (κ2) is 18.2. The summed E-state index contributed by atoms with van der Waals surface area (Å²) in [5, 5.41) is 14.5. The largest absolute Gasteiger partial charge is 0.444 e. The van der Waals surface area contributed by atoms with E-state index in [0.717, 1.165) is 16.7 Å². The Balaban J connectivity index is 1.47. The maximum Gasteiger partial charge on any atom is 0.413 e. The van der Waals surface area contributed by atoms with E-state index in [-0.39, 0.29) is 32.3 Å². The summed E-state index contributed by atoms with van der Waals surface area (Å²) in [4.78, 5) is 27.4. The Kier molecular flexibility index (Phi) is 13.7. The lowest BCUT2D eigenvalue weighted by Gasteiger charge is -2.45. The van der Waals surface area contributed by atoms with Gasteiger partial charge in [0.15, 0.2) is 0 Å². The van der Waals surface area contributed by atoms with Crippen molar-refractivity contribution in [1.82, 2.24) is 10.2 Å². The molecule has 11 nitrogen and oxygen atoms in total. The quantitative estimate of drug-likeness (QED) is 0.237. The van der Waals surface area contributed by atoms with Crippen LogP contribution in [0.15, 0.2) is 91.0 Å². The summed E-state index contributed by atoms with van der Waals surface area (Å²) < 4.78 is 37.7. The first-order valence-corrected chi connectivity index (χ1v) is 18.0. The van der Waals surface area contributed by atoms with Gasteiger partial charge >= 0.3 is 6.09 Å². The van der Waals surface area contributed by atoms with Crippen LogP contribution in [-0.4, -0.2) is 89.2 Å². The molecule has 7 atom stereocenters. The number of carbonyl (C=O) groups excluding carboxylic acids is 2. The van der Waals surface area contributed by atoms with Crippen LogP contribution in [0.1, 0.15) is 58.2 Å². The molecule has 2 N–H and O–H groups in total. The Bertz CT molecular complexity index is 1670. The van der Waals surface area contributed by atoms with Crippen molar-refractivity contribution in [2.45, 2.75) is 115 Å². The lowest BCUT2D eigenvalue weighted by molar-refractivity contribution is -0.222. The van der Waals surface area contributed by atoms with E-state index in [1.54, 1.807) is 34.6 Å². The third-order valence-electron chi connectivity index (χ3n) is 8.87. The molecular formula is C42H52N2O9. The summed E-state index contributed by atoms with van der Waals surface area (Å²) in [5.74, 6) is 5.68. The van der Waals surface area contributed by atoms with Crippen LogP contribution < -0.4 is 5.32 Å². The molecule has 0 saturated carbocycles. The first-order valence-electron chi connectivity index (χ1n) is 18.0. The molecule has 2 aliphatic heterocycles. The highest BCUT2D eigenvalue weighted by atomic mass is 16.6. The molecule has 0 radical (unpaired) electrons. The minimum Gasteiger partial charge on any atom is -0.444 e. The molecule has 0 spiro atoms. The van der Waals surface area contributed by atoms with Gasteiger partial charge in [0.2, 0.25) is 5.91 Å².